The normalized spacial score (nSPS) is 10.9. The van der Waals surface area contributed by atoms with Crippen molar-refractivity contribution in [1.82, 2.24) is 5.32 Å². The summed E-state index contributed by atoms with van der Waals surface area (Å²) < 4.78 is 7.17. The van der Waals surface area contributed by atoms with Gasteiger partial charge in [0.05, 0.1) is 10.6 Å². The van der Waals surface area contributed by atoms with Gasteiger partial charge in [0, 0.05) is 12.1 Å². The average molecular weight is 314 g/mol. The molecule has 0 spiro atoms. The Bertz CT molecular complexity index is 350. The van der Waals surface area contributed by atoms with Gasteiger partial charge in [-0.25, -0.2) is 0 Å². The molecule has 1 aromatic carbocycles. The highest BCUT2D eigenvalue weighted by atomic mass is 79.9. The number of halogens is 1. The maximum atomic E-state index is 6.12. The molecule has 1 N–H and O–H groups in total. The second-order valence-corrected chi connectivity index (χ2v) is 5.32. The molecular weight excluding hydrogens is 290 g/mol. The van der Waals surface area contributed by atoms with Crippen LogP contribution in [0.15, 0.2) is 22.7 Å². The number of hydrogen-bond acceptors (Lipinski definition) is 2. The topological polar surface area (TPSA) is 21.3 Å². The molecule has 1 rings (SSSR count). The van der Waals surface area contributed by atoms with E-state index in [0.29, 0.717) is 6.10 Å². The quantitative estimate of drug-likeness (QED) is 0.713. The van der Waals surface area contributed by atoms with E-state index >= 15 is 0 Å². The summed E-state index contributed by atoms with van der Waals surface area (Å²) in [7, 11) is 0. The van der Waals surface area contributed by atoms with Crippen LogP contribution in [0.5, 0.6) is 5.75 Å². The van der Waals surface area contributed by atoms with E-state index in [0.717, 1.165) is 42.6 Å². The summed E-state index contributed by atoms with van der Waals surface area (Å²) in [4.78, 5) is 0. The molecule has 0 saturated carbocycles. The summed E-state index contributed by atoms with van der Waals surface area (Å²) in [5.74, 6) is 0.995. The molecule has 0 aliphatic carbocycles. The van der Waals surface area contributed by atoms with Gasteiger partial charge in [0.15, 0.2) is 0 Å². The third-order valence-corrected chi connectivity index (χ3v) is 3.61. The first-order chi connectivity index (χ1) is 8.72. The summed E-state index contributed by atoms with van der Waals surface area (Å²) in [6.45, 7) is 8.41. The van der Waals surface area contributed by atoms with E-state index in [2.05, 4.69) is 54.2 Å². The van der Waals surface area contributed by atoms with Crippen LogP contribution in [0.25, 0.3) is 0 Å². The zero-order valence-electron chi connectivity index (χ0n) is 11.6. The van der Waals surface area contributed by atoms with Crippen molar-refractivity contribution >= 4 is 15.9 Å². The van der Waals surface area contributed by atoms with Crippen LogP contribution in [0.4, 0.5) is 0 Å². The van der Waals surface area contributed by atoms with Crippen molar-refractivity contribution in [2.75, 3.05) is 6.54 Å². The van der Waals surface area contributed by atoms with E-state index in [-0.39, 0.29) is 0 Å². The lowest BCUT2D eigenvalue weighted by molar-refractivity contribution is 0.189. The fourth-order valence-corrected chi connectivity index (χ4v) is 2.35. The van der Waals surface area contributed by atoms with Gasteiger partial charge in [-0.1, -0.05) is 32.9 Å². The van der Waals surface area contributed by atoms with Crippen molar-refractivity contribution < 1.29 is 4.74 Å². The minimum atomic E-state index is 0.300. The van der Waals surface area contributed by atoms with Crippen molar-refractivity contribution in [3.05, 3.63) is 28.2 Å². The maximum absolute atomic E-state index is 6.12. The molecule has 102 valence electrons. The van der Waals surface area contributed by atoms with Gasteiger partial charge in [0.2, 0.25) is 0 Å². The molecular formula is C15H24BrNO. The standard InChI is InChI=1S/C15H24BrNO/c1-4-10-17-11-12-8-7-9-14(16)15(12)18-13(5-2)6-3/h7-9,13,17H,4-6,10-11H2,1-3H3. The highest BCUT2D eigenvalue weighted by Crippen LogP contribution is 2.30. The lowest BCUT2D eigenvalue weighted by Crippen LogP contribution is -2.18. The second-order valence-electron chi connectivity index (χ2n) is 4.46. The number of nitrogens with one attached hydrogen (secondary N) is 1. The molecule has 0 atom stereocenters. The van der Waals surface area contributed by atoms with Gasteiger partial charge < -0.3 is 10.1 Å². The van der Waals surface area contributed by atoms with Crippen molar-refractivity contribution in [1.29, 1.82) is 0 Å². The van der Waals surface area contributed by atoms with E-state index in [4.69, 9.17) is 4.74 Å². The first kappa shape index (κ1) is 15.5. The Kier molecular flexibility index (Phi) is 7.36. The Hall–Kier alpha value is -0.540. The van der Waals surface area contributed by atoms with Gasteiger partial charge in [-0.2, -0.15) is 0 Å². The highest BCUT2D eigenvalue weighted by molar-refractivity contribution is 9.10. The van der Waals surface area contributed by atoms with Gasteiger partial charge >= 0.3 is 0 Å². The first-order valence-corrected chi connectivity index (χ1v) is 7.66. The number of rotatable bonds is 8. The first-order valence-electron chi connectivity index (χ1n) is 6.87. The second kappa shape index (κ2) is 8.54. The Morgan fingerprint density at radius 3 is 2.56 bits per heavy atom. The molecule has 18 heavy (non-hydrogen) atoms. The number of para-hydroxylation sites is 1. The third-order valence-electron chi connectivity index (χ3n) is 2.99. The van der Waals surface area contributed by atoms with Gasteiger partial charge in [0.25, 0.3) is 0 Å². The highest BCUT2D eigenvalue weighted by Gasteiger charge is 2.12. The molecule has 0 amide bonds. The third kappa shape index (κ3) is 4.62. The zero-order valence-corrected chi connectivity index (χ0v) is 13.2. The molecule has 1 aromatic rings. The Morgan fingerprint density at radius 1 is 1.22 bits per heavy atom. The van der Waals surface area contributed by atoms with Crippen molar-refractivity contribution in [3.8, 4) is 5.75 Å². The lowest BCUT2D eigenvalue weighted by atomic mass is 10.1. The smallest absolute Gasteiger partial charge is 0.138 e. The van der Waals surface area contributed by atoms with Crippen LogP contribution in [-0.2, 0) is 6.54 Å². The summed E-state index contributed by atoms with van der Waals surface area (Å²) >= 11 is 3.59. The van der Waals surface area contributed by atoms with Crippen LogP contribution in [0, 0.1) is 0 Å². The van der Waals surface area contributed by atoms with Crippen LogP contribution in [-0.4, -0.2) is 12.6 Å². The summed E-state index contributed by atoms with van der Waals surface area (Å²) in [6, 6.07) is 6.24. The molecule has 0 bridgehead atoms. The number of ether oxygens (including phenoxy) is 1. The largest absolute Gasteiger partial charge is 0.489 e. The molecule has 0 aromatic heterocycles. The van der Waals surface area contributed by atoms with Gasteiger partial charge in [-0.05, 0) is 47.8 Å². The van der Waals surface area contributed by atoms with E-state index in [1.54, 1.807) is 0 Å². The SMILES string of the molecule is CCCNCc1cccc(Br)c1OC(CC)CC. The number of hydrogen-bond donors (Lipinski definition) is 1. The molecule has 0 heterocycles. The predicted molar refractivity (Wildman–Crippen MR) is 81.1 cm³/mol. The van der Waals surface area contributed by atoms with Crippen LogP contribution >= 0.6 is 15.9 Å². The minimum Gasteiger partial charge on any atom is -0.489 e. The molecule has 0 radical (unpaired) electrons. The summed E-state index contributed by atoms with van der Waals surface area (Å²) in [5, 5.41) is 3.43. The molecule has 0 fully saturated rings. The molecule has 0 saturated heterocycles. The maximum Gasteiger partial charge on any atom is 0.138 e. The summed E-state index contributed by atoms with van der Waals surface area (Å²) in [6.07, 6.45) is 3.53. The van der Waals surface area contributed by atoms with Crippen molar-refractivity contribution in [2.45, 2.75) is 52.7 Å². The zero-order chi connectivity index (χ0) is 13.4. The molecule has 3 heteroatoms. The average Bonchev–Trinajstić information content (AvgIpc) is 2.38. The Labute approximate surface area is 119 Å². The van der Waals surface area contributed by atoms with Crippen molar-refractivity contribution in [2.24, 2.45) is 0 Å². The monoisotopic (exact) mass is 313 g/mol. The number of benzene rings is 1. The van der Waals surface area contributed by atoms with Crippen LogP contribution in [0.3, 0.4) is 0 Å². The van der Waals surface area contributed by atoms with Crippen LogP contribution in [0.2, 0.25) is 0 Å². The fraction of sp³-hybridized carbons (Fsp3) is 0.600. The van der Waals surface area contributed by atoms with E-state index in [9.17, 15) is 0 Å². The van der Waals surface area contributed by atoms with Crippen LogP contribution < -0.4 is 10.1 Å². The Morgan fingerprint density at radius 2 is 1.94 bits per heavy atom. The van der Waals surface area contributed by atoms with E-state index in [1.807, 2.05) is 6.07 Å². The Balaban J connectivity index is 2.79. The van der Waals surface area contributed by atoms with Crippen LogP contribution in [0.1, 0.15) is 45.6 Å². The molecule has 0 unspecified atom stereocenters. The molecule has 0 aliphatic heterocycles. The van der Waals surface area contributed by atoms with Gasteiger partial charge in [-0.3, -0.25) is 0 Å². The minimum absolute atomic E-state index is 0.300. The fourth-order valence-electron chi connectivity index (χ4n) is 1.85. The van der Waals surface area contributed by atoms with Gasteiger partial charge in [0.1, 0.15) is 5.75 Å². The van der Waals surface area contributed by atoms with Crippen molar-refractivity contribution in [3.63, 3.8) is 0 Å². The lowest BCUT2D eigenvalue weighted by Gasteiger charge is -2.20. The summed E-state index contributed by atoms with van der Waals surface area (Å²) in [5.41, 5.74) is 1.23. The molecule has 2 nitrogen and oxygen atoms in total. The predicted octanol–water partition coefficient (Wildman–Crippen LogP) is 4.52. The molecule has 0 aliphatic rings. The van der Waals surface area contributed by atoms with Gasteiger partial charge in [-0.15, -0.1) is 0 Å². The van der Waals surface area contributed by atoms with E-state index < -0.39 is 0 Å². The van der Waals surface area contributed by atoms with E-state index in [1.165, 1.54) is 5.56 Å².